The van der Waals surface area contributed by atoms with Crippen LogP contribution >= 0.6 is 11.8 Å². The summed E-state index contributed by atoms with van der Waals surface area (Å²) in [7, 11) is 0. The first-order valence-electron chi connectivity index (χ1n) is 7.30. The zero-order chi connectivity index (χ0) is 16.1. The highest BCUT2D eigenvalue weighted by molar-refractivity contribution is 7.99. The van der Waals surface area contributed by atoms with Crippen LogP contribution in [0.5, 0.6) is 0 Å². The van der Waals surface area contributed by atoms with Gasteiger partial charge in [0.1, 0.15) is 0 Å². The van der Waals surface area contributed by atoms with E-state index in [1.54, 1.807) is 6.20 Å². The molecule has 0 aliphatic rings. The second-order valence-electron chi connectivity index (χ2n) is 5.12. The van der Waals surface area contributed by atoms with Crippen molar-refractivity contribution in [3.05, 3.63) is 72.6 Å². The summed E-state index contributed by atoms with van der Waals surface area (Å²) in [5.41, 5.74) is 3.04. The topological polar surface area (TPSA) is 46.9 Å². The summed E-state index contributed by atoms with van der Waals surface area (Å²) in [6.07, 6.45) is 3.66. The lowest BCUT2D eigenvalue weighted by atomic mass is 10.2. The molecular formula is C18H17N3OS. The molecule has 0 atom stereocenters. The Hall–Kier alpha value is -2.53. The predicted molar refractivity (Wildman–Crippen MR) is 94.1 cm³/mol. The highest BCUT2D eigenvalue weighted by Gasteiger charge is 2.09. The summed E-state index contributed by atoms with van der Waals surface area (Å²) >= 11 is 1.42. The van der Waals surface area contributed by atoms with Crippen LogP contribution in [0, 0.1) is 6.92 Å². The minimum absolute atomic E-state index is 0.0417. The standard InChI is InChI=1S/C18H17N3OS/c1-14-6-5-9-16(12-14)21-11-10-19-18(21)23-13-17(22)20-15-7-3-2-4-8-15/h2-12H,13H2,1H3,(H,20,22). The Bertz CT molecular complexity index is 799. The van der Waals surface area contributed by atoms with Crippen LogP contribution in [0.4, 0.5) is 5.69 Å². The monoisotopic (exact) mass is 323 g/mol. The minimum Gasteiger partial charge on any atom is -0.325 e. The maximum Gasteiger partial charge on any atom is 0.234 e. The summed E-state index contributed by atoms with van der Waals surface area (Å²) in [4.78, 5) is 16.4. The van der Waals surface area contributed by atoms with Crippen LogP contribution in [0.3, 0.4) is 0 Å². The first kappa shape index (κ1) is 15.4. The highest BCUT2D eigenvalue weighted by atomic mass is 32.2. The number of rotatable bonds is 5. The molecule has 0 aliphatic carbocycles. The smallest absolute Gasteiger partial charge is 0.234 e. The lowest BCUT2D eigenvalue weighted by Crippen LogP contribution is -2.14. The molecule has 1 amide bonds. The highest BCUT2D eigenvalue weighted by Crippen LogP contribution is 2.21. The number of benzene rings is 2. The summed E-state index contributed by atoms with van der Waals surface area (Å²) in [6.45, 7) is 2.06. The number of para-hydroxylation sites is 1. The number of amides is 1. The largest absolute Gasteiger partial charge is 0.325 e. The van der Waals surface area contributed by atoms with Gasteiger partial charge in [-0.25, -0.2) is 4.98 Å². The number of thioether (sulfide) groups is 1. The van der Waals surface area contributed by atoms with Gasteiger partial charge in [-0.1, -0.05) is 42.1 Å². The number of nitrogens with one attached hydrogen (secondary N) is 1. The third-order valence-electron chi connectivity index (χ3n) is 3.28. The molecule has 0 saturated carbocycles. The molecule has 0 radical (unpaired) electrons. The van der Waals surface area contributed by atoms with Crippen molar-refractivity contribution in [1.29, 1.82) is 0 Å². The van der Waals surface area contributed by atoms with Crippen molar-refractivity contribution in [3.8, 4) is 5.69 Å². The molecule has 0 fully saturated rings. The first-order chi connectivity index (χ1) is 11.2. The molecule has 0 unspecified atom stereocenters. The van der Waals surface area contributed by atoms with Crippen molar-refractivity contribution in [1.82, 2.24) is 9.55 Å². The molecule has 1 heterocycles. The third-order valence-corrected chi connectivity index (χ3v) is 4.24. The molecule has 5 heteroatoms. The van der Waals surface area contributed by atoms with E-state index >= 15 is 0 Å². The van der Waals surface area contributed by atoms with Crippen LogP contribution < -0.4 is 5.32 Å². The van der Waals surface area contributed by atoms with Crippen LogP contribution in [-0.2, 0) is 4.79 Å². The number of hydrogen-bond acceptors (Lipinski definition) is 3. The molecule has 0 spiro atoms. The van der Waals surface area contributed by atoms with Crippen LogP contribution in [0.25, 0.3) is 5.69 Å². The molecule has 116 valence electrons. The number of imidazole rings is 1. The quantitative estimate of drug-likeness (QED) is 0.724. The number of hydrogen-bond donors (Lipinski definition) is 1. The van der Waals surface area contributed by atoms with Crippen molar-refractivity contribution in [2.45, 2.75) is 12.1 Å². The van der Waals surface area contributed by atoms with Gasteiger partial charge in [0.05, 0.1) is 5.75 Å². The number of aryl methyl sites for hydroxylation is 1. The van der Waals surface area contributed by atoms with Gasteiger partial charge in [-0.2, -0.15) is 0 Å². The van der Waals surface area contributed by atoms with Gasteiger partial charge in [0.25, 0.3) is 0 Å². The Morgan fingerprint density at radius 3 is 2.78 bits per heavy atom. The second-order valence-corrected chi connectivity index (χ2v) is 6.06. The number of aromatic nitrogens is 2. The summed E-state index contributed by atoms with van der Waals surface area (Å²) in [6, 6.07) is 17.6. The Labute approximate surface area is 139 Å². The molecule has 3 rings (SSSR count). The summed E-state index contributed by atoms with van der Waals surface area (Å²) in [5.74, 6) is 0.276. The van der Waals surface area contributed by atoms with Gasteiger partial charge in [-0.05, 0) is 36.8 Å². The van der Waals surface area contributed by atoms with Crippen molar-refractivity contribution >= 4 is 23.4 Å². The number of carbonyl (C=O) groups is 1. The van der Waals surface area contributed by atoms with E-state index in [1.807, 2.05) is 53.2 Å². The van der Waals surface area contributed by atoms with E-state index in [0.717, 1.165) is 16.5 Å². The van der Waals surface area contributed by atoms with Gasteiger partial charge in [0, 0.05) is 23.8 Å². The molecule has 1 aromatic heterocycles. The number of anilines is 1. The van der Waals surface area contributed by atoms with Crippen molar-refractivity contribution < 1.29 is 4.79 Å². The van der Waals surface area contributed by atoms with E-state index in [4.69, 9.17) is 0 Å². The fraction of sp³-hybridized carbons (Fsp3) is 0.111. The molecule has 4 nitrogen and oxygen atoms in total. The fourth-order valence-electron chi connectivity index (χ4n) is 2.22. The zero-order valence-corrected chi connectivity index (χ0v) is 13.6. The molecule has 2 aromatic carbocycles. The third kappa shape index (κ3) is 4.02. The maximum atomic E-state index is 12.0. The molecule has 0 bridgehead atoms. The van der Waals surface area contributed by atoms with Gasteiger partial charge in [0.15, 0.2) is 5.16 Å². The molecule has 1 N–H and O–H groups in total. The van der Waals surface area contributed by atoms with Gasteiger partial charge >= 0.3 is 0 Å². The van der Waals surface area contributed by atoms with Gasteiger partial charge in [-0.15, -0.1) is 0 Å². The predicted octanol–water partition coefficient (Wildman–Crippen LogP) is 3.91. The summed E-state index contributed by atoms with van der Waals surface area (Å²) in [5, 5.41) is 3.68. The lowest BCUT2D eigenvalue weighted by molar-refractivity contribution is -0.113. The van der Waals surface area contributed by atoms with E-state index in [9.17, 15) is 4.79 Å². The van der Waals surface area contributed by atoms with Crippen molar-refractivity contribution in [3.63, 3.8) is 0 Å². The fourth-order valence-corrected chi connectivity index (χ4v) is 2.99. The van der Waals surface area contributed by atoms with E-state index in [2.05, 4.69) is 29.4 Å². The molecule has 3 aromatic rings. The van der Waals surface area contributed by atoms with Gasteiger partial charge in [-0.3, -0.25) is 9.36 Å². The van der Waals surface area contributed by atoms with Gasteiger partial charge < -0.3 is 5.32 Å². The molecule has 0 saturated heterocycles. The molecule has 0 aliphatic heterocycles. The zero-order valence-electron chi connectivity index (χ0n) is 12.8. The van der Waals surface area contributed by atoms with Crippen LogP contribution in [0.1, 0.15) is 5.56 Å². The van der Waals surface area contributed by atoms with Crippen LogP contribution in [-0.4, -0.2) is 21.2 Å². The average Bonchev–Trinajstić information content (AvgIpc) is 3.02. The minimum atomic E-state index is -0.0417. The lowest BCUT2D eigenvalue weighted by Gasteiger charge is -2.08. The first-order valence-corrected chi connectivity index (χ1v) is 8.29. The van der Waals surface area contributed by atoms with E-state index < -0.39 is 0 Å². The number of nitrogens with zero attached hydrogens (tertiary/aromatic N) is 2. The number of carbonyl (C=O) groups excluding carboxylic acids is 1. The Balaban J connectivity index is 1.65. The second kappa shape index (κ2) is 7.15. The molecular weight excluding hydrogens is 306 g/mol. The van der Waals surface area contributed by atoms with E-state index in [1.165, 1.54) is 17.3 Å². The van der Waals surface area contributed by atoms with Crippen LogP contribution in [0.2, 0.25) is 0 Å². The van der Waals surface area contributed by atoms with Gasteiger partial charge in [0.2, 0.25) is 5.91 Å². The van der Waals surface area contributed by atoms with E-state index in [-0.39, 0.29) is 5.91 Å². The van der Waals surface area contributed by atoms with Crippen molar-refractivity contribution in [2.24, 2.45) is 0 Å². The SMILES string of the molecule is Cc1cccc(-n2ccnc2SCC(=O)Nc2ccccc2)c1. The van der Waals surface area contributed by atoms with Crippen molar-refractivity contribution in [2.75, 3.05) is 11.1 Å². The van der Waals surface area contributed by atoms with Crippen LogP contribution in [0.15, 0.2) is 72.1 Å². The Morgan fingerprint density at radius 1 is 1.17 bits per heavy atom. The Morgan fingerprint density at radius 2 is 2.00 bits per heavy atom. The summed E-state index contributed by atoms with van der Waals surface area (Å²) < 4.78 is 1.99. The maximum absolute atomic E-state index is 12.0. The molecule has 23 heavy (non-hydrogen) atoms. The Kier molecular flexibility index (Phi) is 4.78. The van der Waals surface area contributed by atoms with E-state index in [0.29, 0.717) is 5.75 Å². The average molecular weight is 323 g/mol. The normalized spacial score (nSPS) is 10.5.